The molecule has 0 amide bonds. The zero-order chi connectivity index (χ0) is 25.1. The minimum atomic E-state index is -4.55. The summed E-state index contributed by atoms with van der Waals surface area (Å²) >= 11 is 0. The lowest BCUT2D eigenvalue weighted by molar-refractivity contribution is -0.137. The van der Waals surface area contributed by atoms with E-state index in [2.05, 4.69) is 34.8 Å². The number of hydrogen-bond donors (Lipinski definition) is 0. The van der Waals surface area contributed by atoms with Crippen LogP contribution >= 0.6 is 0 Å². The van der Waals surface area contributed by atoms with Gasteiger partial charge in [-0.2, -0.15) is 18.4 Å². The molecular weight excluding hydrogens is 457 g/mol. The van der Waals surface area contributed by atoms with E-state index in [1.807, 2.05) is 4.90 Å². The Bertz CT molecular complexity index is 1040. The molecule has 0 saturated carbocycles. The predicted molar refractivity (Wildman–Crippen MR) is 127 cm³/mol. The first-order chi connectivity index (χ1) is 16.8. The lowest BCUT2D eigenvalue weighted by Crippen LogP contribution is -2.45. The first-order valence-corrected chi connectivity index (χ1v) is 12.0. The van der Waals surface area contributed by atoms with E-state index >= 15 is 0 Å². The second-order valence-electron chi connectivity index (χ2n) is 9.73. The summed E-state index contributed by atoms with van der Waals surface area (Å²) in [5.74, 6) is 0.355. The second-order valence-corrected chi connectivity index (χ2v) is 9.73. The molecule has 2 aromatic rings. The Hall–Kier alpha value is -2.54. The van der Waals surface area contributed by atoms with E-state index in [1.54, 1.807) is 19.2 Å². The molecule has 35 heavy (non-hydrogen) atoms. The topological polar surface area (TPSA) is 53.7 Å². The lowest BCUT2D eigenvalue weighted by Gasteiger charge is -2.43. The number of benzene rings is 1. The fourth-order valence-electron chi connectivity index (χ4n) is 5.59. The van der Waals surface area contributed by atoms with Crippen LogP contribution in [0.4, 0.5) is 18.9 Å². The third kappa shape index (κ3) is 5.66. The van der Waals surface area contributed by atoms with Crippen LogP contribution in [0.15, 0.2) is 36.5 Å². The first kappa shape index (κ1) is 25.5. The van der Waals surface area contributed by atoms with Gasteiger partial charge >= 0.3 is 6.18 Å². The average Bonchev–Trinajstić information content (AvgIpc) is 3.39. The third-order valence-electron chi connectivity index (χ3n) is 7.62. The molecule has 2 saturated heterocycles. The number of aryl methyl sites for hydroxylation is 1. The Balaban J connectivity index is 1.47. The fraction of sp³-hybridized carbons (Fsp3) is 0.577. The van der Waals surface area contributed by atoms with Crippen molar-refractivity contribution in [2.75, 3.05) is 58.0 Å². The van der Waals surface area contributed by atoms with E-state index in [4.69, 9.17) is 14.7 Å². The summed E-state index contributed by atoms with van der Waals surface area (Å²) < 4.78 is 53.6. The monoisotopic (exact) mass is 490 g/mol. The maximum Gasteiger partial charge on any atom is 0.417 e. The highest BCUT2D eigenvalue weighted by Gasteiger charge is 2.48. The number of aromatic nitrogens is 1. The Morgan fingerprint density at radius 1 is 1.17 bits per heavy atom. The number of ether oxygens (including phenoxy) is 2. The highest BCUT2D eigenvalue weighted by atomic mass is 19.4. The van der Waals surface area contributed by atoms with Crippen LogP contribution in [-0.2, 0) is 29.2 Å². The van der Waals surface area contributed by atoms with Crippen molar-refractivity contribution in [2.45, 2.75) is 25.6 Å². The van der Waals surface area contributed by atoms with E-state index in [1.165, 1.54) is 11.8 Å². The van der Waals surface area contributed by atoms with E-state index in [0.717, 1.165) is 38.5 Å². The van der Waals surface area contributed by atoms with Crippen molar-refractivity contribution in [3.05, 3.63) is 53.3 Å². The summed E-state index contributed by atoms with van der Waals surface area (Å²) in [5, 5.41) is 9.10. The Morgan fingerprint density at radius 3 is 2.57 bits per heavy atom. The van der Waals surface area contributed by atoms with Gasteiger partial charge in [0.1, 0.15) is 0 Å². The van der Waals surface area contributed by atoms with Gasteiger partial charge in [0.05, 0.1) is 37.0 Å². The summed E-state index contributed by atoms with van der Waals surface area (Å²) in [4.78, 5) is 4.50. The Kier molecular flexibility index (Phi) is 7.74. The Morgan fingerprint density at radius 2 is 1.94 bits per heavy atom. The smallest absolute Gasteiger partial charge is 0.382 e. The molecule has 4 rings (SSSR count). The van der Waals surface area contributed by atoms with Gasteiger partial charge < -0.3 is 18.9 Å². The largest absolute Gasteiger partial charge is 0.417 e. The Labute approximate surface area is 204 Å². The summed E-state index contributed by atoms with van der Waals surface area (Å²) in [6.07, 6.45) is -0.726. The number of nitriles is 1. The van der Waals surface area contributed by atoms with Gasteiger partial charge in [0.25, 0.3) is 0 Å². The van der Waals surface area contributed by atoms with Gasteiger partial charge in [-0.25, -0.2) is 0 Å². The van der Waals surface area contributed by atoms with Gasteiger partial charge in [-0.3, -0.25) is 4.90 Å². The quantitative estimate of drug-likeness (QED) is 0.517. The molecule has 9 heteroatoms. The zero-order valence-electron chi connectivity index (χ0n) is 20.4. The molecule has 0 aliphatic carbocycles. The lowest BCUT2D eigenvalue weighted by atomic mass is 9.71. The maximum atomic E-state index is 13.5. The van der Waals surface area contributed by atoms with Crippen molar-refractivity contribution in [1.82, 2.24) is 9.47 Å². The van der Waals surface area contributed by atoms with Gasteiger partial charge in [-0.05, 0) is 48.6 Å². The van der Waals surface area contributed by atoms with E-state index in [-0.39, 0.29) is 11.0 Å². The van der Waals surface area contributed by atoms with E-state index in [9.17, 15) is 13.2 Å². The SMILES string of the molecule is COCCOCC1CN(Cc2cccn2C)CC12CCN(c1ccc(C#N)c(C(F)(F)F)c1)CC2. The van der Waals surface area contributed by atoms with Crippen LogP contribution < -0.4 is 4.90 Å². The van der Waals surface area contributed by atoms with Crippen molar-refractivity contribution in [3.8, 4) is 6.07 Å². The highest BCUT2D eigenvalue weighted by Crippen LogP contribution is 2.46. The number of hydrogen-bond acceptors (Lipinski definition) is 5. The fourth-order valence-corrected chi connectivity index (χ4v) is 5.59. The summed E-state index contributed by atoms with van der Waals surface area (Å²) in [6.45, 7) is 5.87. The van der Waals surface area contributed by atoms with E-state index in [0.29, 0.717) is 44.5 Å². The van der Waals surface area contributed by atoms with Crippen molar-refractivity contribution in [3.63, 3.8) is 0 Å². The van der Waals surface area contributed by atoms with Crippen LogP contribution in [0.2, 0.25) is 0 Å². The second kappa shape index (κ2) is 10.6. The summed E-state index contributed by atoms with van der Waals surface area (Å²) in [5.41, 5.74) is 0.647. The number of anilines is 1. The van der Waals surface area contributed by atoms with Gasteiger partial charge in [-0.15, -0.1) is 0 Å². The number of alkyl halides is 3. The molecular formula is C26H33F3N4O2. The molecule has 2 aliphatic rings. The minimum Gasteiger partial charge on any atom is -0.382 e. The number of nitrogens with zero attached hydrogens (tertiary/aromatic N) is 4. The molecule has 0 bridgehead atoms. The minimum absolute atomic E-state index is 0.0637. The molecule has 190 valence electrons. The molecule has 6 nitrogen and oxygen atoms in total. The van der Waals surface area contributed by atoms with Crippen LogP contribution in [0, 0.1) is 22.7 Å². The molecule has 1 aromatic heterocycles. The normalized spacial score (nSPS) is 20.5. The summed E-state index contributed by atoms with van der Waals surface area (Å²) in [6, 6.07) is 9.90. The van der Waals surface area contributed by atoms with Crippen LogP contribution in [0.3, 0.4) is 0 Å². The predicted octanol–water partition coefficient (Wildman–Crippen LogP) is 4.30. The number of likely N-dealkylation sites (tertiary alicyclic amines) is 1. The molecule has 0 radical (unpaired) electrons. The standard InChI is InChI=1S/C26H33F3N4O2/c1-31-9-3-4-23(31)17-32-16-21(18-35-13-12-34-2)25(19-32)7-10-33(11-8-25)22-6-5-20(15-30)24(14-22)26(27,28)29/h3-6,9,14,21H,7-8,10-13,16-19H2,1-2H3. The van der Waals surface area contributed by atoms with Gasteiger partial charge in [0, 0.05) is 70.4 Å². The average molecular weight is 491 g/mol. The number of piperidine rings is 1. The van der Waals surface area contributed by atoms with Crippen LogP contribution in [-0.4, -0.2) is 62.6 Å². The number of rotatable bonds is 8. The van der Waals surface area contributed by atoms with Crippen molar-refractivity contribution in [2.24, 2.45) is 18.4 Å². The van der Waals surface area contributed by atoms with Gasteiger partial charge in [0.2, 0.25) is 0 Å². The van der Waals surface area contributed by atoms with Crippen LogP contribution in [0.5, 0.6) is 0 Å². The van der Waals surface area contributed by atoms with Crippen molar-refractivity contribution in [1.29, 1.82) is 5.26 Å². The molecule has 0 N–H and O–H groups in total. The molecule has 2 fully saturated rings. The molecule has 3 heterocycles. The first-order valence-electron chi connectivity index (χ1n) is 12.0. The summed E-state index contributed by atoms with van der Waals surface area (Å²) in [7, 11) is 3.71. The van der Waals surface area contributed by atoms with Gasteiger partial charge in [0.15, 0.2) is 0 Å². The van der Waals surface area contributed by atoms with Crippen molar-refractivity contribution < 1.29 is 22.6 Å². The number of methoxy groups -OCH3 is 1. The third-order valence-corrected chi connectivity index (χ3v) is 7.62. The molecule has 1 aromatic carbocycles. The van der Waals surface area contributed by atoms with Crippen LogP contribution in [0.1, 0.15) is 29.7 Å². The molecule has 1 atom stereocenters. The number of halogens is 3. The molecule has 1 spiro atoms. The van der Waals surface area contributed by atoms with Crippen LogP contribution in [0.25, 0.3) is 0 Å². The zero-order valence-corrected chi connectivity index (χ0v) is 20.4. The highest BCUT2D eigenvalue weighted by molar-refractivity contribution is 5.55. The van der Waals surface area contributed by atoms with E-state index < -0.39 is 11.7 Å². The van der Waals surface area contributed by atoms with Gasteiger partial charge in [-0.1, -0.05) is 0 Å². The maximum absolute atomic E-state index is 13.5. The molecule has 2 aliphatic heterocycles. The van der Waals surface area contributed by atoms with Crippen molar-refractivity contribution >= 4 is 5.69 Å². The molecule has 1 unspecified atom stereocenters.